The van der Waals surface area contributed by atoms with Crippen molar-refractivity contribution in [3.63, 3.8) is 0 Å². The van der Waals surface area contributed by atoms with Gasteiger partial charge in [-0.05, 0) is 19.8 Å². The Balaban J connectivity index is 2.34. The molecule has 1 saturated carbocycles. The van der Waals surface area contributed by atoms with E-state index in [1.165, 1.54) is 18.5 Å². The number of nitrogen functional groups attached to an aromatic ring is 1. The van der Waals surface area contributed by atoms with Gasteiger partial charge in [0.15, 0.2) is 0 Å². The van der Waals surface area contributed by atoms with Crippen molar-refractivity contribution in [2.24, 2.45) is 0 Å². The molecule has 0 atom stereocenters. The molecular weight excluding hydrogens is 150 g/mol. The Morgan fingerprint density at radius 1 is 1.67 bits per heavy atom. The minimum absolute atomic E-state index is 0.342. The first-order valence-electron chi connectivity index (χ1n) is 4.49. The van der Waals surface area contributed by atoms with Crippen LogP contribution in [0.1, 0.15) is 32.4 Å². The van der Waals surface area contributed by atoms with Crippen LogP contribution in [0.25, 0.3) is 0 Å². The van der Waals surface area contributed by atoms with E-state index in [0.717, 1.165) is 12.4 Å². The van der Waals surface area contributed by atoms with E-state index in [-0.39, 0.29) is 0 Å². The van der Waals surface area contributed by atoms with Crippen molar-refractivity contribution >= 4 is 5.82 Å². The van der Waals surface area contributed by atoms with Gasteiger partial charge >= 0.3 is 0 Å². The molecule has 1 aromatic heterocycles. The third kappa shape index (κ3) is 1.00. The van der Waals surface area contributed by atoms with Crippen LogP contribution in [0.15, 0.2) is 6.07 Å². The second-order valence-corrected chi connectivity index (χ2v) is 3.83. The Morgan fingerprint density at radius 2 is 2.33 bits per heavy atom. The first-order chi connectivity index (χ1) is 5.65. The zero-order chi connectivity index (χ0) is 8.77. The fraction of sp³-hybridized carbons (Fsp3) is 0.667. The van der Waals surface area contributed by atoms with Gasteiger partial charge in [0.1, 0.15) is 5.82 Å². The maximum absolute atomic E-state index is 5.78. The highest BCUT2D eigenvalue weighted by atomic mass is 15.3. The first kappa shape index (κ1) is 7.65. The molecular formula is C9H15N3. The number of aryl methyl sites for hydroxylation is 1. The summed E-state index contributed by atoms with van der Waals surface area (Å²) in [4.78, 5) is 0. The summed E-state index contributed by atoms with van der Waals surface area (Å²) in [6.07, 6.45) is 2.51. The van der Waals surface area contributed by atoms with Gasteiger partial charge in [-0.25, -0.2) is 0 Å². The lowest BCUT2D eigenvalue weighted by atomic mass is 10.1. The molecule has 0 radical (unpaired) electrons. The summed E-state index contributed by atoms with van der Waals surface area (Å²) in [5.41, 5.74) is 7.29. The molecule has 2 N–H and O–H groups in total. The topological polar surface area (TPSA) is 43.8 Å². The number of aromatic nitrogens is 2. The summed E-state index contributed by atoms with van der Waals surface area (Å²) >= 11 is 0. The van der Waals surface area contributed by atoms with Crippen LogP contribution in [-0.4, -0.2) is 9.78 Å². The molecule has 2 rings (SSSR count). The molecule has 0 aromatic carbocycles. The summed E-state index contributed by atoms with van der Waals surface area (Å²) < 4.78 is 1.86. The van der Waals surface area contributed by atoms with Crippen LogP contribution in [0.5, 0.6) is 0 Å². The molecule has 1 aliphatic carbocycles. The van der Waals surface area contributed by atoms with E-state index in [0.29, 0.717) is 5.41 Å². The third-order valence-electron chi connectivity index (χ3n) is 2.73. The summed E-state index contributed by atoms with van der Waals surface area (Å²) in [6.45, 7) is 5.17. The summed E-state index contributed by atoms with van der Waals surface area (Å²) in [5, 5.41) is 4.45. The van der Waals surface area contributed by atoms with Crippen LogP contribution in [-0.2, 0) is 12.0 Å². The van der Waals surface area contributed by atoms with Gasteiger partial charge in [-0.3, -0.25) is 4.68 Å². The molecule has 3 nitrogen and oxygen atoms in total. The van der Waals surface area contributed by atoms with Gasteiger partial charge in [-0.2, -0.15) is 5.10 Å². The highest BCUT2D eigenvalue weighted by molar-refractivity contribution is 5.36. The van der Waals surface area contributed by atoms with E-state index in [1.807, 2.05) is 10.7 Å². The monoisotopic (exact) mass is 165 g/mol. The SMILES string of the molecule is CCn1nc(C2(C)CC2)cc1N. The van der Waals surface area contributed by atoms with Gasteiger partial charge in [0.2, 0.25) is 0 Å². The molecule has 0 spiro atoms. The Hall–Kier alpha value is -0.990. The molecule has 0 amide bonds. The van der Waals surface area contributed by atoms with E-state index in [4.69, 9.17) is 5.73 Å². The number of nitrogens with zero attached hydrogens (tertiary/aromatic N) is 2. The van der Waals surface area contributed by atoms with Gasteiger partial charge in [0.05, 0.1) is 5.69 Å². The fourth-order valence-electron chi connectivity index (χ4n) is 1.42. The lowest BCUT2D eigenvalue weighted by Crippen LogP contribution is -2.04. The van der Waals surface area contributed by atoms with Crippen molar-refractivity contribution in [2.45, 2.75) is 38.6 Å². The summed E-state index contributed by atoms with van der Waals surface area (Å²) in [7, 11) is 0. The van der Waals surface area contributed by atoms with Gasteiger partial charge in [-0.15, -0.1) is 0 Å². The highest BCUT2D eigenvalue weighted by Crippen LogP contribution is 2.47. The molecule has 1 heterocycles. The van der Waals surface area contributed by atoms with E-state index >= 15 is 0 Å². The third-order valence-corrected chi connectivity index (χ3v) is 2.73. The molecule has 66 valence electrons. The first-order valence-corrected chi connectivity index (χ1v) is 4.49. The Kier molecular flexibility index (Phi) is 1.43. The molecule has 1 aliphatic rings. The molecule has 0 saturated heterocycles. The van der Waals surface area contributed by atoms with Crippen molar-refractivity contribution in [3.8, 4) is 0 Å². The number of nitrogens with two attached hydrogens (primary N) is 1. The molecule has 0 bridgehead atoms. The number of hydrogen-bond acceptors (Lipinski definition) is 2. The van der Waals surface area contributed by atoms with E-state index in [9.17, 15) is 0 Å². The second-order valence-electron chi connectivity index (χ2n) is 3.83. The quantitative estimate of drug-likeness (QED) is 0.722. The lowest BCUT2D eigenvalue weighted by Gasteiger charge is -2.01. The number of rotatable bonds is 2. The minimum atomic E-state index is 0.342. The molecule has 1 fully saturated rings. The van der Waals surface area contributed by atoms with Crippen LogP contribution < -0.4 is 5.73 Å². The summed E-state index contributed by atoms with van der Waals surface area (Å²) in [5.74, 6) is 0.792. The van der Waals surface area contributed by atoms with Gasteiger partial charge in [-0.1, -0.05) is 6.92 Å². The molecule has 12 heavy (non-hydrogen) atoms. The van der Waals surface area contributed by atoms with Crippen LogP contribution in [0.2, 0.25) is 0 Å². The number of anilines is 1. The van der Waals surface area contributed by atoms with Crippen molar-refractivity contribution in [1.82, 2.24) is 9.78 Å². The molecule has 1 aromatic rings. The fourth-order valence-corrected chi connectivity index (χ4v) is 1.42. The van der Waals surface area contributed by atoms with Gasteiger partial charge in [0.25, 0.3) is 0 Å². The maximum atomic E-state index is 5.78. The van der Waals surface area contributed by atoms with Crippen molar-refractivity contribution in [2.75, 3.05) is 5.73 Å². The van der Waals surface area contributed by atoms with Crippen molar-refractivity contribution in [3.05, 3.63) is 11.8 Å². The predicted octanol–water partition coefficient (Wildman–Crippen LogP) is 1.54. The molecule has 3 heteroatoms. The Labute approximate surface area is 72.6 Å². The maximum Gasteiger partial charge on any atom is 0.121 e. The highest BCUT2D eigenvalue weighted by Gasteiger charge is 2.41. The van der Waals surface area contributed by atoms with E-state index < -0.39 is 0 Å². The molecule has 0 aliphatic heterocycles. The summed E-state index contributed by atoms with van der Waals surface area (Å²) in [6, 6.07) is 2.01. The average molecular weight is 165 g/mol. The smallest absolute Gasteiger partial charge is 0.121 e. The van der Waals surface area contributed by atoms with Gasteiger partial charge < -0.3 is 5.73 Å². The molecule has 0 unspecified atom stereocenters. The average Bonchev–Trinajstić information content (AvgIpc) is 2.65. The standard InChI is InChI=1S/C9H15N3/c1-3-12-8(10)6-7(11-12)9(2)4-5-9/h6H,3-5,10H2,1-2H3. The zero-order valence-corrected chi connectivity index (χ0v) is 7.67. The largest absolute Gasteiger partial charge is 0.384 e. The van der Waals surface area contributed by atoms with Gasteiger partial charge in [0, 0.05) is 18.0 Å². The Bertz CT molecular complexity index is 297. The van der Waals surface area contributed by atoms with Crippen LogP contribution in [0.3, 0.4) is 0 Å². The second kappa shape index (κ2) is 2.25. The van der Waals surface area contributed by atoms with Crippen molar-refractivity contribution in [1.29, 1.82) is 0 Å². The minimum Gasteiger partial charge on any atom is -0.384 e. The lowest BCUT2D eigenvalue weighted by molar-refractivity contribution is 0.629. The van der Waals surface area contributed by atoms with Crippen molar-refractivity contribution < 1.29 is 0 Å². The Morgan fingerprint density at radius 3 is 2.75 bits per heavy atom. The number of hydrogen-bond donors (Lipinski definition) is 1. The van der Waals surface area contributed by atoms with Crippen LogP contribution in [0.4, 0.5) is 5.82 Å². The predicted molar refractivity (Wildman–Crippen MR) is 48.9 cm³/mol. The van der Waals surface area contributed by atoms with Crippen LogP contribution >= 0.6 is 0 Å². The van der Waals surface area contributed by atoms with E-state index in [2.05, 4.69) is 18.9 Å². The zero-order valence-electron chi connectivity index (χ0n) is 7.67. The van der Waals surface area contributed by atoms with E-state index in [1.54, 1.807) is 0 Å². The normalized spacial score (nSPS) is 19.5. The van der Waals surface area contributed by atoms with Crippen LogP contribution in [0, 0.1) is 0 Å².